The third-order valence-electron chi connectivity index (χ3n) is 2.85. The Morgan fingerprint density at radius 2 is 2.12 bits per heavy atom. The molecule has 0 amide bonds. The van der Waals surface area contributed by atoms with Gasteiger partial charge in [0.1, 0.15) is 17.3 Å². The van der Waals surface area contributed by atoms with Crippen LogP contribution in [0.2, 0.25) is 5.15 Å². The van der Waals surface area contributed by atoms with E-state index in [4.69, 9.17) is 11.6 Å². The van der Waals surface area contributed by atoms with Gasteiger partial charge >= 0.3 is 0 Å². The summed E-state index contributed by atoms with van der Waals surface area (Å²) >= 11 is 7.40. The van der Waals surface area contributed by atoms with Crippen molar-refractivity contribution in [2.45, 2.75) is 6.42 Å². The van der Waals surface area contributed by atoms with Crippen molar-refractivity contribution in [1.29, 1.82) is 0 Å². The highest BCUT2D eigenvalue weighted by Crippen LogP contribution is 2.20. The van der Waals surface area contributed by atoms with Crippen LogP contribution in [0.25, 0.3) is 5.70 Å². The maximum Gasteiger partial charge on any atom is 0.129 e. The largest absolute Gasteiger partial charge is 0.311 e. The van der Waals surface area contributed by atoms with E-state index < -0.39 is 0 Å². The highest BCUT2D eigenvalue weighted by atomic mass is 35.5. The molecule has 0 fully saturated rings. The molecule has 0 saturated carbocycles. The zero-order valence-electron chi connectivity index (χ0n) is 13.8. The van der Waals surface area contributed by atoms with Crippen LogP contribution in [0.15, 0.2) is 53.0 Å². The number of nitrogens with zero attached hydrogens (tertiary/aromatic N) is 2. The number of carbonyl (C=O) groups excluding carboxylic acids is 1. The third kappa shape index (κ3) is 8.58. The van der Waals surface area contributed by atoms with Crippen LogP contribution in [-0.2, 0) is 11.2 Å². The van der Waals surface area contributed by atoms with Gasteiger partial charge in [-0.1, -0.05) is 23.7 Å². The minimum absolute atomic E-state index is 0.269. The maximum absolute atomic E-state index is 12.2. The van der Waals surface area contributed by atoms with Gasteiger partial charge in [-0.2, -0.15) is 0 Å². The molecular formula is C18H19ClFN3OS. The summed E-state index contributed by atoms with van der Waals surface area (Å²) in [5.41, 5.74) is 2.57. The molecule has 2 rings (SSSR count). The molecular weight excluding hydrogens is 361 g/mol. The van der Waals surface area contributed by atoms with E-state index in [-0.39, 0.29) is 5.82 Å². The Balaban J connectivity index is 0.000000271. The first kappa shape index (κ1) is 21.0. The van der Waals surface area contributed by atoms with Crippen LogP contribution >= 0.6 is 23.4 Å². The van der Waals surface area contributed by atoms with Gasteiger partial charge in [-0.3, -0.25) is 4.99 Å². The quantitative estimate of drug-likeness (QED) is 0.257. The van der Waals surface area contributed by atoms with E-state index >= 15 is 0 Å². The Bertz CT molecular complexity index is 708. The Hall–Kier alpha value is -2.02. The molecule has 2 aromatic rings. The number of aromatic nitrogens is 1. The van der Waals surface area contributed by atoms with Gasteiger partial charge in [0.15, 0.2) is 0 Å². The molecule has 0 atom stereocenters. The molecule has 0 spiro atoms. The molecule has 0 aliphatic rings. The first-order valence-electron chi connectivity index (χ1n) is 7.33. The summed E-state index contributed by atoms with van der Waals surface area (Å²) in [5, 5.41) is 5.43. The lowest BCUT2D eigenvalue weighted by molar-refractivity contribution is -0.107. The van der Waals surface area contributed by atoms with E-state index in [1.807, 2.05) is 18.5 Å². The van der Waals surface area contributed by atoms with E-state index in [9.17, 15) is 9.18 Å². The number of halogens is 2. The molecule has 0 aliphatic carbocycles. The summed E-state index contributed by atoms with van der Waals surface area (Å²) in [6, 6.07) is 9.51. The van der Waals surface area contributed by atoms with E-state index in [1.54, 1.807) is 36.2 Å². The van der Waals surface area contributed by atoms with E-state index in [0.29, 0.717) is 11.6 Å². The monoisotopic (exact) mass is 379 g/mol. The van der Waals surface area contributed by atoms with Gasteiger partial charge in [0.2, 0.25) is 0 Å². The lowest BCUT2D eigenvalue weighted by Gasteiger charge is -2.01. The average molecular weight is 380 g/mol. The van der Waals surface area contributed by atoms with Gasteiger partial charge in [0.05, 0.1) is 5.70 Å². The number of thioether (sulfide) groups is 1. The second-order valence-electron chi connectivity index (χ2n) is 4.69. The van der Waals surface area contributed by atoms with Gasteiger partial charge in [-0.05, 0) is 49.0 Å². The number of hydrogen-bond donors (Lipinski definition) is 1. The Labute approximate surface area is 156 Å². The number of benzene rings is 1. The second-order valence-corrected chi connectivity index (χ2v) is 5.94. The summed E-state index contributed by atoms with van der Waals surface area (Å²) in [7, 11) is 1.89. The summed E-state index contributed by atoms with van der Waals surface area (Å²) in [4.78, 5) is 17.8. The Morgan fingerprint density at radius 3 is 2.68 bits per heavy atom. The molecule has 0 unspecified atom stereocenters. The molecule has 1 heterocycles. The molecule has 132 valence electrons. The molecule has 1 aromatic heterocycles. The molecule has 0 radical (unpaired) electrons. The highest BCUT2D eigenvalue weighted by Gasteiger charge is 1.99. The van der Waals surface area contributed by atoms with Crippen molar-refractivity contribution in [1.82, 2.24) is 10.3 Å². The van der Waals surface area contributed by atoms with Crippen molar-refractivity contribution in [2.75, 3.05) is 12.9 Å². The number of rotatable bonds is 7. The van der Waals surface area contributed by atoms with E-state index in [1.165, 1.54) is 12.1 Å². The van der Waals surface area contributed by atoms with Crippen LogP contribution in [0.4, 0.5) is 4.39 Å². The van der Waals surface area contributed by atoms with Gasteiger partial charge in [0.25, 0.3) is 0 Å². The van der Waals surface area contributed by atoms with E-state index in [2.05, 4.69) is 22.0 Å². The van der Waals surface area contributed by atoms with Gasteiger partial charge in [-0.15, -0.1) is 11.8 Å². The van der Waals surface area contributed by atoms with Crippen molar-refractivity contribution in [3.8, 4) is 0 Å². The van der Waals surface area contributed by atoms with Gasteiger partial charge in [-0.25, -0.2) is 9.37 Å². The normalized spacial score (nSPS) is 10.6. The number of aldehydes is 1. The smallest absolute Gasteiger partial charge is 0.129 e. The fourth-order valence-corrected chi connectivity index (χ4v) is 2.47. The molecule has 4 nitrogen and oxygen atoms in total. The molecule has 1 aromatic carbocycles. The standard InChI is InChI=1S/C10H12ClN3S.C8H7FO/c1-12-7-15-6-9(13-2)8-3-4-14-10(11)5-8;9-8-3-1-7(2-4-8)5-6-10/h3-6,12H,2,7H2,1H3;1-4,6H,5H2/b9-6-;. The number of aliphatic imine (C=N–C) groups is 1. The van der Waals surface area contributed by atoms with Crippen LogP contribution in [0.3, 0.4) is 0 Å². The number of nitrogens with one attached hydrogen (secondary N) is 1. The number of pyridine rings is 1. The number of carbonyl (C=O) groups is 1. The van der Waals surface area contributed by atoms with Crippen molar-refractivity contribution in [3.05, 3.63) is 70.1 Å². The van der Waals surface area contributed by atoms with Gasteiger partial charge < -0.3 is 10.1 Å². The second kappa shape index (κ2) is 12.4. The van der Waals surface area contributed by atoms with Crippen molar-refractivity contribution < 1.29 is 9.18 Å². The zero-order valence-corrected chi connectivity index (χ0v) is 15.4. The Kier molecular flexibility index (Phi) is 10.4. The topological polar surface area (TPSA) is 54.4 Å². The van der Waals surface area contributed by atoms with Crippen molar-refractivity contribution in [3.63, 3.8) is 0 Å². The minimum atomic E-state index is -0.269. The molecule has 1 N–H and O–H groups in total. The average Bonchev–Trinajstić information content (AvgIpc) is 2.62. The lowest BCUT2D eigenvalue weighted by atomic mass is 10.2. The summed E-state index contributed by atoms with van der Waals surface area (Å²) in [6.07, 6.45) is 2.81. The first-order chi connectivity index (χ1) is 12.1. The summed E-state index contributed by atoms with van der Waals surface area (Å²) in [5.74, 6) is 0.562. The van der Waals surface area contributed by atoms with Crippen molar-refractivity contribution in [2.24, 2.45) is 4.99 Å². The van der Waals surface area contributed by atoms with Gasteiger partial charge in [0, 0.05) is 24.1 Å². The zero-order chi connectivity index (χ0) is 18.5. The van der Waals surface area contributed by atoms with Crippen LogP contribution in [0.5, 0.6) is 0 Å². The predicted octanol–water partition coefficient (Wildman–Crippen LogP) is 4.21. The molecule has 0 saturated heterocycles. The van der Waals surface area contributed by atoms with E-state index in [0.717, 1.165) is 29.0 Å². The number of hydrogen-bond acceptors (Lipinski definition) is 5. The van der Waals surface area contributed by atoms with Crippen LogP contribution in [0, 0.1) is 5.82 Å². The summed E-state index contributed by atoms with van der Waals surface area (Å²) < 4.78 is 12.2. The molecule has 0 aliphatic heterocycles. The maximum atomic E-state index is 12.2. The minimum Gasteiger partial charge on any atom is -0.311 e. The predicted molar refractivity (Wildman–Crippen MR) is 104 cm³/mol. The summed E-state index contributed by atoms with van der Waals surface area (Å²) in [6.45, 7) is 3.53. The molecule has 0 bridgehead atoms. The van der Waals surface area contributed by atoms with Crippen LogP contribution < -0.4 is 5.32 Å². The van der Waals surface area contributed by atoms with Crippen LogP contribution in [0.1, 0.15) is 11.1 Å². The third-order valence-corrected chi connectivity index (χ3v) is 3.90. The fourth-order valence-electron chi connectivity index (χ4n) is 1.68. The fraction of sp³-hybridized carbons (Fsp3) is 0.167. The molecule has 25 heavy (non-hydrogen) atoms. The van der Waals surface area contributed by atoms with Crippen molar-refractivity contribution >= 4 is 42.1 Å². The molecule has 7 heteroatoms. The first-order valence-corrected chi connectivity index (χ1v) is 8.76. The Morgan fingerprint density at radius 1 is 1.40 bits per heavy atom. The van der Waals surface area contributed by atoms with Crippen LogP contribution in [-0.4, -0.2) is 30.9 Å². The highest BCUT2D eigenvalue weighted by molar-refractivity contribution is 8.02. The lowest BCUT2D eigenvalue weighted by Crippen LogP contribution is -2.01. The SMILES string of the molecule is C=N/C(=C\SCNC)c1ccnc(Cl)c1.O=CCc1ccc(F)cc1.